The van der Waals surface area contributed by atoms with Gasteiger partial charge in [-0.15, -0.1) is 0 Å². The van der Waals surface area contributed by atoms with Gasteiger partial charge in [0.25, 0.3) is 5.69 Å². The van der Waals surface area contributed by atoms with Crippen molar-refractivity contribution in [2.75, 3.05) is 18.0 Å². The fraction of sp³-hybridized carbons (Fsp3) is 0.455. The molecule has 1 atom stereocenters. The molecule has 1 heterocycles. The quantitative estimate of drug-likeness (QED) is 0.651. The lowest BCUT2D eigenvalue weighted by Crippen LogP contribution is -2.29. The van der Waals surface area contributed by atoms with Crippen LogP contribution in [-0.4, -0.2) is 28.7 Å². The fourth-order valence-electron chi connectivity index (χ4n) is 2.06. The summed E-state index contributed by atoms with van der Waals surface area (Å²) < 4.78 is 0. The first kappa shape index (κ1) is 12.1. The summed E-state index contributed by atoms with van der Waals surface area (Å²) in [6, 6.07) is 4.59. The Bertz CT molecular complexity index is 462. The van der Waals surface area contributed by atoms with Gasteiger partial charge in [0.05, 0.1) is 10.5 Å². The highest BCUT2D eigenvalue weighted by molar-refractivity contribution is 6.30. The Morgan fingerprint density at radius 2 is 2.29 bits per heavy atom. The van der Waals surface area contributed by atoms with Crippen LogP contribution in [0.3, 0.4) is 0 Å². The maximum Gasteiger partial charge on any atom is 0.294 e. The van der Waals surface area contributed by atoms with E-state index in [1.54, 1.807) is 19.1 Å². The van der Waals surface area contributed by atoms with Gasteiger partial charge in [-0.1, -0.05) is 11.6 Å². The number of nitro benzene ring substituents is 1. The van der Waals surface area contributed by atoms with Crippen LogP contribution in [0.1, 0.15) is 13.3 Å². The zero-order chi connectivity index (χ0) is 12.6. The smallest absolute Gasteiger partial charge is 0.294 e. The number of β-amino-alcohol motifs (C(OH)–C–C–N with tert-alkyl or cyclic N) is 1. The van der Waals surface area contributed by atoms with Crippen molar-refractivity contribution in [2.45, 2.75) is 18.9 Å². The second-order valence-electron chi connectivity index (χ2n) is 4.56. The molecule has 6 heteroatoms. The normalized spacial score (nSPS) is 24.1. The molecule has 0 spiro atoms. The van der Waals surface area contributed by atoms with Crippen LogP contribution in [0.4, 0.5) is 11.4 Å². The number of hydrogen-bond acceptors (Lipinski definition) is 4. The van der Waals surface area contributed by atoms with Gasteiger partial charge in [-0.3, -0.25) is 10.1 Å². The molecule has 0 aromatic heterocycles. The molecule has 1 aromatic rings. The highest BCUT2D eigenvalue weighted by atomic mass is 35.5. The molecular weight excluding hydrogens is 244 g/mol. The maximum atomic E-state index is 10.9. The van der Waals surface area contributed by atoms with E-state index >= 15 is 0 Å². The number of benzene rings is 1. The minimum atomic E-state index is -0.784. The maximum absolute atomic E-state index is 10.9. The molecule has 1 saturated heterocycles. The van der Waals surface area contributed by atoms with E-state index < -0.39 is 10.5 Å². The van der Waals surface area contributed by atoms with Crippen molar-refractivity contribution in [1.82, 2.24) is 0 Å². The first-order valence-corrected chi connectivity index (χ1v) is 5.68. The van der Waals surface area contributed by atoms with Crippen LogP contribution in [0.2, 0.25) is 5.02 Å². The first-order chi connectivity index (χ1) is 7.89. The van der Waals surface area contributed by atoms with Gasteiger partial charge >= 0.3 is 0 Å². The third-order valence-corrected chi connectivity index (χ3v) is 3.16. The lowest BCUT2D eigenvalue weighted by Gasteiger charge is -2.20. The van der Waals surface area contributed by atoms with Crippen molar-refractivity contribution in [2.24, 2.45) is 0 Å². The molecule has 0 bridgehead atoms. The second kappa shape index (κ2) is 4.16. The molecule has 17 heavy (non-hydrogen) atoms. The monoisotopic (exact) mass is 256 g/mol. The Morgan fingerprint density at radius 1 is 1.59 bits per heavy atom. The number of anilines is 1. The van der Waals surface area contributed by atoms with Gasteiger partial charge in [-0.05, 0) is 25.5 Å². The molecule has 1 aromatic carbocycles. The Morgan fingerprint density at radius 3 is 2.82 bits per heavy atom. The highest BCUT2D eigenvalue weighted by Crippen LogP contribution is 2.35. The van der Waals surface area contributed by atoms with E-state index in [-0.39, 0.29) is 5.69 Å². The lowest BCUT2D eigenvalue weighted by atomic mass is 10.1. The summed E-state index contributed by atoms with van der Waals surface area (Å²) in [5.41, 5.74) is -0.291. The van der Waals surface area contributed by atoms with Crippen molar-refractivity contribution < 1.29 is 10.0 Å². The van der Waals surface area contributed by atoms with E-state index in [1.165, 1.54) is 6.07 Å². The van der Waals surface area contributed by atoms with Crippen molar-refractivity contribution >= 4 is 23.0 Å². The molecule has 0 amide bonds. The molecule has 1 fully saturated rings. The minimum Gasteiger partial charge on any atom is -0.388 e. The van der Waals surface area contributed by atoms with Crippen LogP contribution in [0.5, 0.6) is 0 Å². The summed E-state index contributed by atoms with van der Waals surface area (Å²) in [7, 11) is 0. The minimum absolute atomic E-state index is 0.0183. The van der Waals surface area contributed by atoms with E-state index in [9.17, 15) is 15.2 Å². The molecular formula is C11H13ClN2O3. The number of aliphatic hydroxyl groups is 1. The van der Waals surface area contributed by atoms with Gasteiger partial charge < -0.3 is 10.0 Å². The van der Waals surface area contributed by atoms with E-state index in [4.69, 9.17) is 11.6 Å². The first-order valence-electron chi connectivity index (χ1n) is 5.30. The Hall–Kier alpha value is -1.33. The SMILES string of the molecule is CC1(O)CCN(c2ccc(Cl)cc2[N+](=O)[O-])C1. The third-order valence-electron chi connectivity index (χ3n) is 2.93. The molecule has 0 radical (unpaired) electrons. The van der Waals surface area contributed by atoms with Crippen LogP contribution in [0.25, 0.3) is 0 Å². The molecule has 92 valence electrons. The summed E-state index contributed by atoms with van der Waals surface area (Å²) in [6.45, 7) is 2.74. The average molecular weight is 257 g/mol. The fourth-order valence-corrected chi connectivity index (χ4v) is 2.23. The van der Waals surface area contributed by atoms with Crippen LogP contribution < -0.4 is 4.90 Å². The van der Waals surface area contributed by atoms with E-state index in [0.717, 1.165) is 0 Å². The molecule has 1 N–H and O–H groups in total. The van der Waals surface area contributed by atoms with Gasteiger partial charge in [-0.25, -0.2) is 0 Å². The molecule has 5 nitrogen and oxygen atoms in total. The summed E-state index contributed by atoms with van der Waals surface area (Å²) in [4.78, 5) is 12.3. The summed E-state index contributed by atoms with van der Waals surface area (Å²) >= 11 is 5.75. The van der Waals surface area contributed by atoms with E-state index in [1.807, 2.05) is 4.90 Å². The van der Waals surface area contributed by atoms with Crippen LogP contribution in [0.15, 0.2) is 18.2 Å². The number of nitro groups is 1. The average Bonchev–Trinajstić information content (AvgIpc) is 2.58. The third kappa shape index (κ3) is 2.50. The van der Waals surface area contributed by atoms with Crippen LogP contribution >= 0.6 is 11.6 Å². The predicted molar refractivity (Wildman–Crippen MR) is 65.6 cm³/mol. The summed E-state index contributed by atoms with van der Waals surface area (Å²) in [6.07, 6.45) is 0.604. The Kier molecular flexibility index (Phi) is 2.97. The summed E-state index contributed by atoms with van der Waals surface area (Å²) in [5.74, 6) is 0. The molecule has 0 aliphatic carbocycles. The number of rotatable bonds is 2. The zero-order valence-corrected chi connectivity index (χ0v) is 10.1. The lowest BCUT2D eigenvalue weighted by molar-refractivity contribution is -0.384. The summed E-state index contributed by atoms with van der Waals surface area (Å²) in [5, 5.41) is 21.2. The molecule has 1 aliphatic rings. The highest BCUT2D eigenvalue weighted by Gasteiger charge is 2.34. The number of hydrogen-bond donors (Lipinski definition) is 1. The van der Waals surface area contributed by atoms with Gasteiger partial charge in [0.15, 0.2) is 0 Å². The van der Waals surface area contributed by atoms with Crippen LogP contribution in [-0.2, 0) is 0 Å². The Balaban J connectivity index is 2.36. The standard InChI is InChI=1S/C11H13ClN2O3/c1-11(15)4-5-13(7-11)9-3-2-8(12)6-10(9)14(16)17/h2-3,6,15H,4-5,7H2,1H3. The van der Waals surface area contributed by atoms with Crippen molar-refractivity contribution in [3.8, 4) is 0 Å². The largest absolute Gasteiger partial charge is 0.388 e. The van der Waals surface area contributed by atoms with Crippen LogP contribution in [0, 0.1) is 10.1 Å². The number of halogens is 1. The predicted octanol–water partition coefficient (Wildman–Crippen LogP) is 2.21. The molecule has 1 unspecified atom stereocenters. The van der Waals surface area contributed by atoms with Crippen molar-refractivity contribution in [3.63, 3.8) is 0 Å². The topological polar surface area (TPSA) is 66.6 Å². The van der Waals surface area contributed by atoms with Crippen molar-refractivity contribution in [3.05, 3.63) is 33.3 Å². The van der Waals surface area contributed by atoms with E-state index in [0.29, 0.717) is 30.2 Å². The molecule has 0 saturated carbocycles. The van der Waals surface area contributed by atoms with Gasteiger partial charge in [0.2, 0.25) is 0 Å². The number of nitrogens with zero attached hydrogens (tertiary/aromatic N) is 2. The molecule has 1 aliphatic heterocycles. The second-order valence-corrected chi connectivity index (χ2v) is 5.00. The van der Waals surface area contributed by atoms with Gasteiger partial charge in [-0.2, -0.15) is 0 Å². The van der Waals surface area contributed by atoms with Crippen molar-refractivity contribution in [1.29, 1.82) is 0 Å². The van der Waals surface area contributed by atoms with E-state index in [2.05, 4.69) is 0 Å². The Labute approximate surface area is 104 Å². The zero-order valence-electron chi connectivity index (χ0n) is 9.39. The van der Waals surface area contributed by atoms with Gasteiger partial charge in [0, 0.05) is 24.2 Å². The molecule has 2 rings (SSSR count). The van der Waals surface area contributed by atoms with Gasteiger partial charge in [0.1, 0.15) is 5.69 Å².